The lowest BCUT2D eigenvalue weighted by atomic mass is 10.1. The van der Waals surface area contributed by atoms with Gasteiger partial charge in [-0.15, -0.1) is 0 Å². The highest BCUT2D eigenvalue weighted by molar-refractivity contribution is 5.93. The van der Waals surface area contributed by atoms with Crippen molar-refractivity contribution < 1.29 is 19.4 Å². The summed E-state index contributed by atoms with van der Waals surface area (Å²) in [5.74, 6) is 0.685. The van der Waals surface area contributed by atoms with Crippen LogP contribution in [-0.4, -0.2) is 42.3 Å². The lowest BCUT2D eigenvalue weighted by molar-refractivity contribution is 0.0697. The van der Waals surface area contributed by atoms with E-state index in [1.54, 1.807) is 32.4 Å². The van der Waals surface area contributed by atoms with Crippen LogP contribution in [0.5, 0.6) is 11.5 Å². The number of aromatic carboxylic acids is 1. The molecule has 2 aromatic rings. The zero-order chi connectivity index (χ0) is 15.4. The number of methoxy groups -OCH3 is 2. The minimum Gasteiger partial charge on any atom is -0.497 e. The van der Waals surface area contributed by atoms with Crippen LogP contribution in [0.4, 0.5) is 5.82 Å². The number of hydrogen-bond acceptors (Lipinski definition) is 6. The van der Waals surface area contributed by atoms with E-state index < -0.39 is 5.97 Å². The molecule has 0 radical (unpaired) electrons. The standard InChI is InChI=1S/C14H15N3O4/c1-15-12-10(14(18)19)7-16-13(17-12)9-6-8(20-2)4-5-11(9)21-3/h4-7H,1-3H3,(H,18,19)(H,15,16,17). The van der Waals surface area contributed by atoms with Gasteiger partial charge in [-0.25, -0.2) is 14.8 Å². The predicted octanol–water partition coefficient (Wildman–Crippen LogP) is 1.90. The van der Waals surface area contributed by atoms with Gasteiger partial charge in [0.25, 0.3) is 0 Å². The van der Waals surface area contributed by atoms with Gasteiger partial charge in [-0.2, -0.15) is 0 Å². The maximum atomic E-state index is 11.1. The number of nitrogens with zero attached hydrogens (tertiary/aromatic N) is 2. The average Bonchev–Trinajstić information content (AvgIpc) is 2.53. The molecule has 110 valence electrons. The van der Waals surface area contributed by atoms with Crippen molar-refractivity contribution in [3.8, 4) is 22.9 Å². The largest absolute Gasteiger partial charge is 0.497 e. The van der Waals surface area contributed by atoms with E-state index in [0.29, 0.717) is 22.9 Å². The van der Waals surface area contributed by atoms with Crippen molar-refractivity contribution in [1.29, 1.82) is 0 Å². The Bertz CT molecular complexity index is 673. The molecule has 0 atom stereocenters. The van der Waals surface area contributed by atoms with Gasteiger partial charge in [0.1, 0.15) is 22.9 Å². The van der Waals surface area contributed by atoms with Gasteiger partial charge < -0.3 is 19.9 Å². The van der Waals surface area contributed by atoms with E-state index >= 15 is 0 Å². The van der Waals surface area contributed by atoms with E-state index in [2.05, 4.69) is 15.3 Å². The van der Waals surface area contributed by atoms with Crippen LogP contribution in [0.2, 0.25) is 0 Å². The summed E-state index contributed by atoms with van der Waals surface area (Å²) in [6.07, 6.45) is 1.26. The van der Waals surface area contributed by atoms with Gasteiger partial charge in [0.15, 0.2) is 5.82 Å². The van der Waals surface area contributed by atoms with Crippen molar-refractivity contribution in [2.24, 2.45) is 0 Å². The second-order valence-corrected chi connectivity index (χ2v) is 4.08. The second kappa shape index (κ2) is 6.08. The summed E-state index contributed by atoms with van der Waals surface area (Å²) in [7, 11) is 4.69. The Labute approximate surface area is 121 Å². The van der Waals surface area contributed by atoms with Gasteiger partial charge >= 0.3 is 5.97 Å². The number of benzene rings is 1. The van der Waals surface area contributed by atoms with Crippen molar-refractivity contribution in [1.82, 2.24) is 9.97 Å². The summed E-state index contributed by atoms with van der Waals surface area (Å²) in [6.45, 7) is 0. The predicted molar refractivity (Wildman–Crippen MR) is 77.1 cm³/mol. The van der Waals surface area contributed by atoms with Gasteiger partial charge in [0.2, 0.25) is 0 Å². The normalized spacial score (nSPS) is 10.0. The third kappa shape index (κ3) is 2.86. The highest BCUT2D eigenvalue weighted by atomic mass is 16.5. The summed E-state index contributed by atoms with van der Waals surface area (Å²) in [5, 5.41) is 11.8. The summed E-state index contributed by atoms with van der Waals surface area (Å²) >= 11 is 0. The van der Waals surface area contributed by atoms with Crippen LogP contribution in [0.15, 0.2) is 24.4 Å². The van der Waals surface area contributed by atoms with Crippen molar-refractivity contribution in [2.45, 2.75) is 0 Å². The molecule has 0 aliphatic carbocycles. The van der Waals surface area contributed by atoms with Crippen molar-refractivity contribution >= 4 is 11.8 Å². The van der Waals surface area contributed by atoms with Crippen LogP contribution in [0.1, 0.15) is 10.4 Å². The third-order valence-corrected chi connectivity index (χ3v) is 2.90. The van der Waals surface area contributed by atoms with E-state index in [9.17, 15) is 4.79 Å². The van der Waals surface area contributed by atoms with Crippen LogP contribution in [0.25, 0.3) is 11.4 Å². The fourth-order valence-electron chi connectivity index (χ4n) is 1.85. The average molecular weight is 289 g/mol. The van der Waals surface area contributed by atoms with Gasteiger partial charge in [0, 0.05) is 13.2 Å². The van der Waals surface area contributed by atoms with Crippen LogP contribution in [0.3, 0.4) is 0 Å². The van der Waals surface area contributed by atoms with E-state index in [0.717, 1.165) is 0 Å². The van der Waals surface area contributed by atoms with E-state index in [1.807, 2.05) is 0 Å². The first-order valence-corrected chi connectivity index (χ1v) is 6.11. The van der Waals surface area contributed by atoms with Crippen LogP contribution >= 0.6 is 0 Å². The number of carbonyl (C=O) groups is 1. The molecule has 1 aromatic heterocycles. The number of carboxylic acid groups (broad SMARTS) is 1. The molecule has 0 bridgehead atoms. The Kier molecular flexibility index (Phi) is 4.22. The number of rotatable bonds is 5. The minimum atomic E-state index is -1.09. The Hall–Kier alpha value is -2.83. The van der Waals surface area contributed by atoms with Gasteiger partial charge in [0.05, 0.1) is 19.8 Å². The minimum absolute atomic E-state index is 0.00288. The fraction of sp³-hybridized carbons (Fsp3) is 0.214. The number of anilines is 1. The second-order valence-electron chi connectivity index (χ2n) is 4.08. The number of nitrogens with one attached hydrogen (secondary N) is 1. The monoisotopic (exact) mass is 289 g/mol. The molecule has 0 aliphatic rings. The summed E-state index contributed by atoms with van der Waals surface area (Å²) in [4.78, 5) is 19.4. The molecule has 1 aromatic carbocycles. The molecule has 0 saturated carbocycles. The molecule has 0 fully saturated rings. The topological polar surface area (TPSA) is 93.6 Å². The Morgan fingerprint density at radius 1 is 1.29 bits per heavy atom. The molecule has 0 unspecified atom stereocenters. The number of ether oxygens (including phenoxy) is 2. The maximum Gasteiger partial charge on any atom is 0.341 e. The van der Waals surface area contributed by atoms with Crippen LogP contribution in [0, 0.1) is 0 Å². The summed E-state index contributed by atoms with van der Waals surface area (Å²) in [5.41, 5.74) is 0.619. The highest BCUT2D eigenvalue weighted by Crippen LogP contribution is 2.32. The summed E-state index contributed by atoms with van der Waals surface area (Å²) < 4.78 is 10.5. The third-order valence-electron chi connectivity index (χ3n) is 2.90. The molecule has 21 heavy (non-hydrogen) atoms. The molecule has 7 nitrogen and oxygen atoms in total. The zero-order valence-electron chi connectivity index (χ0n) is 11.9. The molecular weight excluding hydrogens is 274 g/mol. The Morgan fingerprint density at radius 2 is 2.05 bits per heavy atom. The quantitative estimate of drug-likeness (QED) is 0.868. The number of aromatic nitrogens is 2. The highest BCUT2D eigenvalue weighted by Gasteiger charge is 2.16. The van der Waals surface area contributed by atoms with Crippen molar-refractivity contribution in [3.63, 3.8) is 0 Å². The number of hydrogen-bond donors (Lipinski definition) is 2. The first-order valence-electron chi connectivity index (χ1n) is 6.11. The molecule has 0 amide bonds. The SMILES string of the molecule is CNc1nc(-c2cc(OC)ccc2OC)ncc1C(=O)O. The van der Waals surface area contributed by atoms with Crippen LogP contribution < -0.4 is 14.8 Å². The molecule has 0 spiro atoms. The van der Waals surface area contributed by atoms with E-state index in [1.165, 1.54) is 13.3 Å². The zero-order valence-corrected chi connectivity index (χ0v) is 11.9. The van der Waals surface area contributed by atoms with E-state index in [4.69, 9.17) is 14.6 Å². The van der Waals surface area contributed by atoms with Gasteiger partial charge in [-0.1, -0.05) is 0 Å². The molecule has 1 heterocycles. The van der Waals surface area contributed by atoms with Gasteiger partial charge in [-0.05, 0) is 18.2 Å². The first kappa shape index (κ1) is 14.6. The lowest BCUT2D eigenvalue weighted by Crippen LogP contribution is -2.07. The Morgan fingerprint density at radius 3 is 2.62 bits per heavy atom. The lowest BCUT2D eigenvalue weighted by Gasteiger charge is -2.11. The van der Waals surface area contributed by atoms with Crippen molar-refractivity contribution in [3.05, 3.63) is 30.0 Å². The van der Waals surface area contributed by atoms with E-state index in [-0.39, 0.29) is 11.4 Å². The molecular formula is C14H15N3O4. The molecule has 2 rings (SSSR count). The molecule has 0 saturated heterocycles. The Balaban J connectivity index is 2.58. The summed E-state index contributed by atoms with van der Waals surface area (Å²) in [6, 6.07) is 5.22. The van der Waals surface area contributed by atoms with Crippen molar-refractivity contribution in [2.75, 3.05) is 26.6 Å². The van der Waals surface area contributed by atoms with Gasteiger partial charge in [-0.3, -0.25) is 0 Å². The molecule has 0 aliphatic heterocycles. The van der Waals surface area contributed by atoms with Crippen LogP contribution in [-0.2, 0) is 0 Å². The maximum absolute atomic E-state index is 11.1. The molecule has 2 N–H and O–H groups in total. The molecule has 7 heteroatoms. The first-order chi connectivity index (χ1) is 10.1. The smallest absolute Gasteiger partial charge is 0.341 e. The number of carboxylic acids is 1. The fourth-order valence-corrected chi connectivity index (χ4v) is 1.85.